The summed E-state index contributed by atoms with van der Waals surface area (Å²) in [4.78, 5) is 29.9. The first-order chi connectivity index (χ1) is 16.4. The maximum atomic E-state index is 13.5. The second-order valence-electron chi connectivity index (χ2n) is 8.13. The lowest BCUT2D eigenvalue weighted by molar-refractivity contribution is -0.127. The summed E-state index contributed by atoms with van der Waals surface area (Å²) in [7, 11) is 1.63. The lowest BCUT2D eigenvalue weighted by atomic mass is 10.1. The Morgan fingerprint density at radius 1 is 0.941 bits per heavy atom. The van der Waals surface area contributed by atoms with Gasteiger partial charge in [-0.1, -0.05) is 25.1 Å². The third kappa shape index (κ3) is 4.15. The maximum Gasteiger partial charge on any atom is 0.270 e. The first kappa shape index (κ1) is 23.4. The van der Waals surface area contributed by atoms with Crippen LogP contribution in [0.5, 0.6) is 5.75 Å². The number of thiocarbonyl (C=S) groups is 1. The standard InChI is InChI=1S/C27H27N3O3S/c1-5-15-28-25(31)24(26(32)30(27(28)34)21-9-7-6-8-10-21)17-20-16-18(2)29(19(20)3)22-11-13-23(33-4)14-12-22/h6-14,16-17H,5,15H2,1-4H3. The highest BCUT2D eigenvalue weighted by Gasteiger charge is 2.40. The van der Waals surface area contributed by atoms with Crippen LogP contribution in [0.4, 0.5) is 5.69 Å². The van der Waals surface area contributed by atoms with Gasteiger partial charge in [0.15, 0.2) is 5.11 Å². The minimum Gasteiger partial charge on any atom is -0.497 e. The van der Waals surface area contributed by atoms with Crippen LogP contribution in [0.25, 0.3) is 11.8 Å². The van der Waals surface area contributed by atoms with Crippen LogP contribution >= 0.6 is 12.2 Å². The zero-order chi connectivity index (χ0) is 24.4. The van der Waals surface area contributed by atoms with Crippen LogP contribution < -0.4 is 9.64 Å². The molecule has 7 heteroatoms. The Bertz CT molecular complexity index is 1280. The molecule has 2 amide bonds. The fraction of sp³-hybridized carbons (Fsp3) is 0.222. The molecule has 1 aromatic heterocycles. The fourth-order valence-corrected chi connectivity index (χ4v) is 4.58. The van der Waals surface area contributed by atoms with Gasteiger partial charge in [0.1, 0.15) is 11.3 Å². The van der Waals surface area contributed by atoms with E-state index in [4.69, 9.17) is 17.0 Å². The molecular formula is C27H27N3O3S. The second-order valence-corrected chi connectivity index (χ2v) is 8.50. The van der Waals surface area contributed by atoms with Crippen LogP contribution in [0.3, 0.4) is 0 Å². The molecule has 1 fully saturated rings. The van der Waals surface area contributed by atoms with Crippen molar-refractivity contribution in [2.45, 2.75) is 27.2 Å². The average Bonchev–Trinajstić information content (AvgIpc) is 3.13. The summed E-state index contributed by atoms with van der Waals surface area (Å²) in [6.45, 7) is 6.39. The molecule has 0 spiro atoms. The molecule has 3 aromatic rings. The Labute approximate surface area is 205 Å². The van der Waals surface area contributed by atoms with E-state index >= 15 is 0 Å². The summed E-state index contributed by atoms with van der Waals surface area (Å²) < 4.78 is 7.36. The Morgan fingerprint density at radius 2 is 1.62 bits per heavy atom. The number of hydrogen-bond acceptors (Lipinski definition) is 4. The number of amides is 2. The zero-order valence-electron chi connectivity index (χ0n) is 19.7. The lowest BCUT2D eigenvalue weighted by Gasteiger charge is -2.36. The highest BCUT2D eigenvalue weighted by molar-refractivity contribution is 7.80. The third-order valence-electron chi connectivity index (χ3n) is 5.89. The van der Waals surface area contributed by atoms with Crippen LogP contribution in [-0.4, -0.2) is 40.0 Å². The Kier molecular flexibility index (Phi) is 6.65. The summed E-state index contributed by atoms with van der Waals surface area (Å²) in [5.74, 6) is 0.000950. The van der Waals surface area contributed by atoms with E-state index in [2.05, 4.69) is 4.57 Å². The van der Waals surface area contributed by atoms with E-state index in [0.717, 1.165) is 34.8 Å². The normalized spacial score (nSPS) is 15.4. The van der Waals surface area contributed by atoms with E-state index in [1.165, 1.54) is 9.80 Å². The molecule has 0 unspecified atom stereocenters. The highest BCUT2D eigenvalue weighted by atomic mass is 32.1. The van der Waals surface area contributed by atoms with E-state index in [-0.39, 0.29) is 16.6 Å². The largest absolute Gasteiger partial charge is 0.497 e. The molecule has 1 aliphatic heterocycles. The number of carbonyl (C=O) groups is 2. The van der Waals surface area contributed by atoms with Gasteiger partial charge in [-0.05, 0) is 86.6 Å². The highest BCUT2D eigenvalue weighted by Crippen LogP contribution is 2.29. The van der Waals surface area contributed by atoms with Crippen LogP contribution in [0.15, 0.2) is 66.2 Å². The van der Waals surface area contributed by atoms with Gasteiger partial charge >= 0.3 is 0 Å². The van der Waals surface area contributed by atoms with E-state index < -0.39 is 5.91 Å². The van der Waals surface area contributed by atoms with Gasteiger partial charge in [0, 0.05) is 23.6 Å². The van der Waals surface area contributed by atoms with E-state index in [0.29, 0.717) is 12.2 Å². The molecule has 0 N–H and O–H groups in total. The monoisotopic (exact) mass is 473 g/mol. The summed E-state index contributed by atoms with van der Waals surface area (Å²) >= 11 is 5.57. The first-order valence-corrected chi connectivity index (χ1v) is 11.6. The van der Waals surface area contributed by atoms with Crippen LogP contribution in [-0.2, 0) is 9.59 Å². The van der Waals surface area contributed by atoms with Crippen molar-refractivity contribution >= 4 is 40.9 Å². The number of benzene rings is 2. The number of ether oxygens (including phenoxy) is 1. The molecule has 4 rings (SSSR count). The maximum absolute atomic E-state index is 13.5. The first-order valence-electron chi connectivity index (χ1n) is 11.2. The molecule has 0 aliphatic carbocycles. The third-order valence-corrected chi connectivity index (χ3v) is 6.30. The molecule has 6 nitrogen and oxygen atoms in total. The number of anilines is 1. The van der Waals surface area contributed by atoms with Crippen LogP contribution in [0.1, 0.15) is 30.3 Å². The minimum absolute atomic E-state index is 0.0980. The Balaban J connectivity index is 1.79. The number of aromatic nitrogens is 1. The zero-order valence-corrected chi connectivity index (χ0v) is 20.6. The lowest BCUT2D eigenvalue weighted by Crippen LogP contribution is -2.56. The van der Waals surface area contributed by atoms with Gasteiger partial charge in [-0.25, -0.2) is 0 Å². The second kappa shape index (κ2) is 9.65. The van der Waals surface area contributed by atoms with Crippen molar-refractivity contribution in [1.29, 1.82) is 0 Å². The fourth-order valence-electron chi connectivity index (χ4n) is 4.22. The smallest absolute Gasteiger partial charge is 0.270 e. The van der Waals surface area contributed by atoms with Gasteiger partial charge in [-0.2, -0.15) is 0 Å². The summed E-state index contributed by atoms with van der Waals surface area (Å²) in [6, 6.07) is 18.9. The molecule has 34 heavy (non-hydrogen) atoms. The van der Waals surface area contributed by atoms with Gasteiger partial charge < -0.3 is 9.30 Å². The molecule has 0 atom stereocenters. The average molecular weight is 474 g/mol. The summed E-state index contributed by atoms with van der Waals surface area (Å²) in [5.41, 5.74) is 4.44. The minimum atomic E-state index is -0.414. The molecule has 2 heterocycles. The van der Waals surface area contributed by atoms with Crippen molar-refractivity contribution < 1.29 is 14.3 Å². The number of nitrogens with zero attached hydrogens (tertiary/aromatic N) is 3. The van der Waals surface area contributed by atoms with Crippen molar-refractivity contribution in [3.63, 3.8) is 0 Å². The SMILES string of the molecule is CCCN1C(=O)C(=Cc2cc(C)n(-c3ccc(OC)cc3)c2C)C(=O)N(c2ccccc2)C1=S. The molecule has 1 aliphatic rings. The van der Waals surface area contributed by atoms with Gasteiger partial charge in [0.25, 0.3) is 11.8 Å². The molecular weight excluding hydrogens is 446 g/mol. The van der Waals surface area contributed by atoms with E-state index in [1.807, 2.05) is 81.4 Å². The van der Waals surface area contributed by atoms with Crippen molar-refractivity contribution in [2.24, 2.45) is 0 Å². The molecule has 2 aromatic carbocycles. The van der Waals surface area contributed by atoms with Crippen molar-refractivity contribution in [1.82, 2.24) is 9.47 Å². The van der Waals surface area contributed by atoms with Crippen molar-refractivity contribution in [3.8, 4) is 11.4 Å². The molecule has 0 radical (unpaired) electrons. The number of methoxy groups -OCH3 is 1. The predicted molar refractivity (Wildman–Crippen MR) is 138 cm³/mol. The number of para-hydroxylation sites is 1. The topological polar surface area (TPSA) is 54.8 Å². The number of hydrogen-bond donors (Lipinski definition) is 0. The van der Waals surface area contributed by atoms with Crippen molar-refractivity contribution in [2.75, 3.05) is 18.6 Å². The molecule has 0 bridgehead atoms. The Morgan fingerprint density at radius 3 is 2.24 bits per heavy atom. The molecule has 1 saturated heterocycles. The quantitative estimate of drug-likeness (QED) is 0.285. The van der Waals surface area contributed by atoms with E-state index in [9.17, 15) is 9.59 Å². The number of aryl methyl sites for hydroxylation is 1. The van der Waals surface area contributed by atoms with Crippen LogP contribution in [0, 0.1) is 13.8 Å². The number of rotatable bonds is 6. The van der Waals surface area contributed by atoms with Gasteiger partial charge in [-0.3, -0.25) is 19.4 Å². The molecule has 174 valence electrons. The van der Waals surface area contributed by atoms with Gasteiger partial charge in [0.05, 0.1) is 12.8 Å². The van der Waals surface area contributed by atoms with Crippen LogP contribution in [0.2, 0.25) is 0 Å². The summed E-state index contributed by atoms with van der Waals surface area (Å²) in [5, 5.41) is 0.212. The Hall–Kier alpha value is -3.71. The number of carbonyl (C=O) groups excluding carboxylic acids is 2. The van der Waals surface area contributed by atoms with Gasteiger partial charge in [0.2, 0.25) is 0 Å². The van der Waals surface area contributed by atoms with Crippen molar-refractivity contribution in [3.05, 3.63) is 83.2 Å². The molecule has 0 saturated carbocycles. The van der Waals surface area contributed by atoms with Gasteiger partial charge in [-0.15, -0.1) is 0 Å². The predicted octanol–water partition coefficient (Wildman–Crippen LogP) is 5.06. The summed E-state index contributed by atoms with van der Waals surface area (Å²) in [6.07, 6.45) is 2.41. The van der Waals surface area contributed by atoms with E-state index in [1.54, 1.807) is 13.2 Å².